The van der Waals surface area contributed by atoms with Crippen LogP contribution >= 0.6 is 11.8 Å². The smallest absolute Gasteiger partial charge is 0.255 e. The summed E-state index contributed by atoms with van der Waals surface area (Å²) in [5, 5.41) is 9.00. The first-order valence-electron chi connectivity index (χ1n) is 11.9. The molecule has 0 saturated carbocycles. The Morgan fingerprint density at radius 2 is 1.71 bits per heavy atom. The van der Waals surface area contributed by atoms with Crippen molar-refractivity contribution in [3.63, 3.8) is 0 Å². The summed E-state index contributed by atoms with van der Waals surface area (Å²) < 4.78 is 1.81. The number of likely N-dealkylation sites (N-methyl/N-ethyl adjacent to an activating group) is 1. The average molecular weight is 474 g/mol. The lowest BCUT2D eigenvalue weighted by molar-refractivity contribution is 0.313. The van der Waals surface area contributed by atoms with Gasteiger partial charge in [0.2, 0.25) is 5.16 Å². The van der Waals surface area contributed by atoms with Crippen LogP contribution in [0.25, 0.3) is 5.78 Å². The van der Waals surface area contributed by atoms with Crippen molar-refractivity contribution in [2.75, 3.05) is 49.2 Å². The summed E-state index contributed by atoms with van der Waals surface area (Å²) >= 11 is 1.68. The van der Waals surface area contributed by atoms with Crippen molar-refractivity contribution >= 4 is 34.7 Å². The highest BCUT2D eigenvalue weighted by Gasteiger charge is 2.15. The van der Waals surface area contributed by atoms with Gasteiger partial charge in [-0.05, 0) is 56.6 Å². The fourth-order valence-electron chi connectivity index (χ4n) is 4.17. The Morgan fingerprint density at radius 1 is 0.941 bits per heavy atom. The number of anilines is 3. The highest BCUT2D eigenvalue weighted by Crippen LogP contribution is 2.24. The Kier molecular flexibility index (Phi) is 6.97. The maximum Gasteiger partial charge on any atom is 0.255 e. The molecule has 0 aliphatic carbocycles. The zero-order valence-electron chi connectivity index (χ0n) is 19.8. The first kappa shape index (κ1) is 22.7. The van der Waals surface area contributed by atoms with Crippen molar-refractivity contribution < 1.29 is 0 Å². The van der Waals surface area contributed by atoms with Gasteiger partial charge < -0.3 is 15.1 Å². The van der Waals surface area contributed by atoms with Crippen molar-refractivity contribution in [1.82, 2.24) is 24.5 Å². The van der Waals surface area contributed by atoms with Crippen LogP contribution in [0.15, 0.2) is 65.8 Å². The summed E-state index contributed by atoms with van der Waals surface area (Å²) in [6, 6.07) is 21.2. The normalized spacial score (nSPS) is 14.6. The maximum absolute atomic E-state index is 4.72. The largest absolute Gasteiger partial charge is 0.369 e. The lowest BCUT2D eigenvalue weighted by atomic mass is 10.1. The molecule has 34 heavy (non-hydrogen) atoms. The molecule has 4 aromatic rings. The second-order valence-corrected chi connectivity index (χ2v) is 9.85. The van der Waals surface area contributed by atoms with Crippen LogP contribution in [-0.2, 0) is 6.42 Å². The zero-order valence-corrected chi connectivity index (χ0v) is 20.6. The molecule has 1 fully saturated rings. The van der Waals surface area contributed by atoms with Crippen LogP contribution in [0.3, 0.4) is 0 Å². The molecule has 7 nitrogen and oxygen atoms in total. The summed E-state index contributed by atoms with van der Waals surface area (Å²) in [5.41, 5.74) is 4.58. The van der Waals surface area contributed by atoms with E-state index in [1.807, 2.05) is 13.0 Å². The fraction of sp³-hybridized carbons (Fsp3) is 0.346. The molecule has 3 heterocycles. The van der Waals surface area contributed by atoms with Crippen LogP contribution in [0.4, 0.5) is 17.2 Å². The standard InChI is InChI=1S/C26H31N7S/c1-20-19-24(28-22-10-12-23(13-11-22)32-16-14-31(2)15-17-32)33-25(27-20)29-26(30-33)34-18-6-9-21-7-4-3-5-8-21/h3-5,7-8,10-13,19,28H,6,9,14-18H2,1-2H3. The van der Waals surface area contributed by atoms with Crippen molar-refractivity contribution in [1.29, 1.82) is 0 Å². The van der Waals surface area contributed by atoms with Crippen molar-refractivity contribution in [3.05, 3.63) is 71.9 Å². The summed E-state index contributed by atoms with van der Waals surface area (Å²) in [6.45, 7) is 6.33. The van der Waals surface area contributed by atoms with E-state index in [1.165, 1.54) is 11.3 Å². The third-order valence-electron chi connectivity index (χ3n) is 6.11. The van der Waals surface area contributed by atoms with Crippen molar-refractivity contribution in [3.8, 4) is 0 Å². The minimum absolute atomic E-state index is 0.627. The number of thioether (sulfide) groups is 1. The summed E-state index contributed by atoms with van der Waals surface area (Å²) in [5.74, 6) is 2.47. The summed E-state index contributed by atoms with van der Waals surface area (Å²) in [4.78, 5) is 14.1. The molecule has 0 spiro atoms. The molecule has 0 radical (unpaired) electrons. The first-order valence-corrected chi connectivity index (χ1v) is 12.8. The number of nitrogens with one attached hydrogen (secondary N) is 1. The van der Waals surface area contributed by atoms with Gasteiger partial charge in [-0.1, -0.05) is 42.1 Å². The SMILES string of the molecule is Cc1cc(Nc2ccc(N3CCN(C)CC3)cc2)n2nc(SCCCc3ccccc3)nc2n1. The topological polar surface area (TPSA) is 61.6 Å². The second-order valence-electron chi connectivity index (χ2n) is 8.79. The molecule has 1 saturated heterocycles. The van der Waals surface area contributed by atoms with Crippen LogP contribution in [0, 0.1) is 6.92 Å². The van der Waals surface area contributed by atoms with Gasteiger partial charge in [0.1, 0.15) is 5.82 Å². The number of benzene rings is 2. The van der Waals surface area contributed by atoms with E-state index in [4.69, 9.17) is 5.10 Å². The Morgan fingerprint density at radius 3 is 2.47 bits per heavy atom. The number of aromatic nitrogens is 4. The molecule has 176 valence electrons. The summed E-state index contributed by atoms with van der Waals surface area (Å²) in [6.07, 6.45) is 2.15. The first-order chi connectivity index (χ1) is 16.6. The van der Waals surface area contributed by atoms with Crippen LogP contribution in [0.2, 0.25) is 0 Å². The van der Waals surface area contributed by atoms with Gasteiger partial charge in [-0.3, -0.25) is 0 Å². The van der Waals surface area contributed by atoms with E-state index >= 15 is 0 Å². The van der Waals surface area contributed by atoms with Gasteiger partial charge in [-0.2, -0.15) is 9.50 Å². The minimum Gasteiger partial charge on any atom is -0.369 e. The Bertz CT molecular complexity index is 1220. The van der Waals surface area contributed by atoms with E-state index in [9.17, 15) is 0 Å². The molecule has 1 aliphatic heterocycles. The van der Waals surface area contributed by atoms with Gasteiger partial charge in [0, 0.05) is 55.1 Å². The lowest BCUT2D eigenvalue weighted by Gasteiger charge is -2.34. The molecule has 1 N–H and O–H groups in total. The number of hydrogen-bond donors (Lipinski definition) is 1. The number of piperazine rings is 1. The number of nitrogens with zero attached hydrogens (tertiary/aromatic N) is 6. The van der Waals surface area contributed by atoms with Crippen LogP contribution in [0.5, 0.6) is 0 Å². The van der Waals surface area contributed by atoms with E-state index in [1.54, 1.807) is 16.3 Å². The molecule has 5 rings (SSSR count). The molecular weight excluding hydrogens is 442 g/mol. The molecule has 0 atom stereocenters. The fourth-order valence-corrected chi connectivity index (χ4v) is 4.93. The van der Waals surface area contributed by atoms with Gasteiger partial charge in [-0.15, -0.1) is 5.10 Å². The van der Waals surface area contributed by atoms with E-state index in [2.05, 4.69) is 86.7 Å². The Labute approximate surface area is 205 Å². The predicted molar refractivity (Wildman–Crippen MR) is 140 cm³/mol. The molecule has 2 aromatic heterocycles. The molecule has 1 aliphatic rings. The van der Waals surface area contributed by atoms with Gasteiger partial charge in [0.15, 0.2) is 0 Å². The molecular formula is C26H31N7S. The number of aryl methyl sites for hydroxylation is 2. The van der Waals surface area contributed by atoms with E-state index in [0.29, 0.717) is 5.78 Å². The molecule has 2 aromatic carbocycles. The number of fused-ring (bicyclic) bond motifs is 1. The van der Waals surface area contributed by atoms with Gasteiger partial charge in [0.05, 0.1) is 0 Å². The van der Waals surface area contributed by atoms with Crippen LogP contribution in [-0.4, -0.2) is 63.5 Å². The average Bonchev–Trinajstić information content (AvgIpc) is 3.26. The molecule has 0 unspecified atom stereocenters. The predicted octanol–water partition coefficient (Wildman–Crippen LogP) is 4.65. The molecule has 0 bridgehead atoms. The number of hydrogen-bond acceptors (Lipinski definition) is 7. The van der Waals surface area contributed by atoms with E-state index in [0.717, 1.165) is 67.1 Å². The quantitative estimate of drug-likeness (QED) is 0.295. The molecule has 0 amide bonds. The maximum atomic E-state index is 4.72. The van der Waals surface area contributed by atoms with E-state index in [-0.39, 0.29) is 0 Å². The highest BCUT2D eigenvalue weighted by atomic mass is 32.2. The second kappa shape index (κ2) is 10.4. The third kappa shape index (κ3) is 5.51. The van der Waals surface area contributed by atoms with Gasteiger partial charge in [0.25, 0.3) is 5.78 Å². The Balaban J connectivity index is 1.24. The van der Waals surface area contributed by atoms with Crippen LogP contribution in [0.1, 0.15) is 17.7 Å². The zero-order chi connectivity index (χ0) is 23.3. The van der Waals surface area contributed by atoms with Crippen molar-refractivity contribution in [2.24, 2.45) is 0 Å². The van der Waals surface area contributed by atoms with Crippen molar-refractivity contribution in [2.45, 2.75) is 24.9 Å². The number of rotatable bonds is 8. The molecule has 8 heteroatoms. The van der Waals surface area contributed by atoms with Crippen LogP contribution < -0.4 is 10.2 Å². The Hall–Kier alpha value is -3.10. The monoisotopic (exact) mass is 473 g/mol. The lowest BCUT2D eigenvalue weighted by Crippen LogP contribution is -2.44. The van der Waals surface area contributed by atoms with E-state index < -0.39 is 0 Å². The van der Waals surface area contributed by atoms with Gasteiger partial charge in [-0.25, -0.2) is 4.98 Å². The summed E-state index contributed by atoms with van der Waals surface area (Å²) in [7, 11) is 2.18. The highest BCUT2D eigenvalue weighted by molar-refractivity contribution is 7.99. The third-order valence-corrected chi connectivity index (χ3v) is 7.04. The van der Waals surface area contributed by atoms with Gasteiger partial charge >= 0.3 is 0 Å². The minimum atomic E-state index is 0.627.